The molecule has 0 spiro atoms. The molecule has 2 aromatic carbocycles. The lowest BCUT2D eigenvalue weighted by atomic mass is 10.1. The number of rotatable bonds is 10. The molecular weight excluding hydrogens is 478 g/mol. The second-order valence-corrected chi connectivity index (χ2v) is 9.46. The summed E-state index contributed by atoms with van der Waals surface area (Å²) in [5, 5.41) is 9.73. The Balaban J connectivity index is 2.17. The number of hydrogen-bond acceptors (Lipinski definition) is 8. The number of methoxy groups -OCH3 is 3. The second kappa shape index (κ2) is 10.2. The number of hydrogen-bond donors (Lipinski definition) is 2. The van der Waals surface area contributed by atoms with Crippen LogP contribution in [0.4, 0.5) is 5.69 Å². The van der Waals surface area contributed by atoms with E-state index in [1.807, 2.05) is 11.6 Å². The van der Waals surface area contributed by atoms with Gasteiger partial charge < -0.3 is 29.6 Å². The van der Waals surface area contributed by atoms with Gasteiger partial charge in [0, 0.05) is 42.7 Å². The average molecular weight is 506 g/mol. The fourth-order valence-electron chi connectivity index (χ4n) is 3.63. The Labute approximate surface area is 202 Å². The number of aryl methyl sites for hydroxylation is 1. The molecule has 0 fully saturated rings. The predicted octanol–water partition coefficient (Wildman–Crippen LogP) is 2.12. The first-order valence-corrected chi connectivity index (χ1v) is 11.9. The monoisotopic (exact) mass is 505 g/mol. The number of nitrogens with zero attached hydrogens (tertiary/aromatic N) is 2. The van der Waals surface area contributed by atoms with E-state index in [1.54, 1.807) is 18.3 Å². The molecule has 0 aliphatic carbocycles. The van der Waals surface area contributed by atoms with Gasteiger partial charge in [-0.1, -0.05) is 0 Å². The van der Waals surface area contributed by atoms with E-state index in [2.05, 4.69) is 0 Å². The Bertz CT molecular complexity index is 1340. The summed E-state index contributed by atoms with van der Waals surface area (Å²) < 4.78 is 46.0. The van der Waals surface area contributed by atoms with Gasteiger partial charge in [0.2, 0.25) is 11.7 Å². The van der Waals surface area contributed by atoms with E-state index in [0.717, 1.165) is 5.52 Å². The minimum Gasteiger partial charge on any atom is -0.493 e. The third kappa shape index (κ3) is 5.03. The smallest absolute Gasteiger partial charge is 0.320 e. The first kappa shape index (κ1) is 25.8. The molecule has 1 aromatic heterocycles. The number of amides is 1. The Morgan fingerprint density at radius 2 is 1.69 bits per heavy atom. The van der Waals surface area contributed by atoms with E-state index < -0.39 is 34.4 Å². The van der Waals surface area contributed by atoms with Crippen LogP contribution in [0, 0.1) is 0 Å². The number of aromatic nitrogens is 1. The van der Waals surface area contributed by atoms with Crippen molar-refractivity contribution in [3.8, 4) is 17.2 Å². The van der Waals surface area contributed by atoms with Crippen LogP contribution in [0.15, 0.2) is 47.5 Å². The van der Waals surface area contributed by atoms with Crippen LogP contribution in [0.1, 0.15) is 12.8 Å². The lowest BCUT2D eigenvalue weighted by molar-refractivity contribution is -0.138. The normalized spacial score (nSPS) is 12.3. The third-order valence-corrected chi connectivity index (χ3v) is 7.24. The summed E-state index contributed by atoms with van der Waals surface area (Å²) >= 11 is 0. The number of ether oxygens (including phenoxy) is 3. The first-order chi connectivity index (χ1) is 16.5. The van der Waals surface area contributed by atoms with Gasteiger partial charge in [-0.05, 0) is 30.7 Å². The average Bonchev–Trinajstić information content (AvgIpc) is 3.21. The van der Waals surface area contributed by atoms with Crippen LogP contribution in [0.3, 0.4) is 0 Å². The van der Waals surface area contributed by atoms with Gasteiger partial charge in [-0.25, -0.2) is 12.7 Å². The number of carbonyl (C=O) groups excluding carboxylic acids is 1. The van der Waals surface area contributed by atoms with Crippen molar-refractivity contribution in [3.05, 3.63) is 42.6 Å². The summed E-state index contributed by atoms with van der Waals surface area (Å²) in [5.41, 5.74) is 6.28. The van der Waals surface area contributed by atoms with E-state index in [9.17, 15) is 18.0 Å². The maximum absolute atomic E-state index is 13.8. The Kier molecular flexibility index (Phi) is 7.56. The Morgan fingerprint density at radius 1 is 1.06 bits per heavy atom. The molecule has 11 nitrogen and oxygen atoms in total. The SMILES string of the molecule is COc1cc(N(C(=O)CCC(N)C(=O)O)S(=O)(=O)c2ccc3c(ccn3C)c2)cc(OC)c1OC. The molecular formula is C23H27N3O8S. The Morgan fingerprint density at radius 3 is 2.23 bits per heavy atom. The highest BCUT2D eigenvalue weighted by Gasteiger charge is 2.33. The van der Waals surface area contributed by atoms with Crippen LogP contribution in [-0.4, -0.2) is 57.3 Å². The van der Waals surface area contributed by atoms with Crippen LogP contribution in [0.25, 0.3) is 10.9 Å². The summed E-state index contributed by atoms with van der Waals surface area (Å²) in [5.74, 6) is -1.69. The largest absolute Gasteiger partial charge is 0.493 e. The van der Waals surface area contributed by atoms with E-state index in [4.69, 9.17) is 25.1 Å². The maximum Gasteiger partial charge on any atom is 0.320 e. The number of sulfonamides is 1. The molecule has 0 saturated carbocycles. The molecule has 188 valence electrons. The second-order valence-electron chi connectivity index (χ2n) is 7.68. The fourth-order valence-corrected chi connectivity index (χ4v) is 5.10. The van der Waals surface area contributed by atoms with Crippen molar-refractivity contribution in [2.24, 2.45) is 12.8 Å². The molecule has 1 unspecified atom stereocenters. The van der Waals surface area contributed by atoms with Crippen LogP contribution in [0.2, 0.25) is 0 Å². The van der Waals surface area contributed by atoms with Crippen molar-refractivity contribution in [1.29, 1.82) is 0 Å². The van der Waals surface area contributed by atoms with Gasteiger partial charge in [0.25, 0.3) is 10.0 Å². The van der Waals surface area contributed by atoms with Crippen molar-refractivity contribution < 1.29 is 37.3 Å². The molecule has 1 amide bonds. The topological polar surface area (TPSA) is 150 Å². The number of aliphatic carboxylic acids is 1. The van der Waals surface area contributed by atoms with Crippen LogP contribution in [-0.2, 0) is 26.7 Å². The summed E-state index contributed by atoms with van der Waals surface area (Å²) in [4.78, 5) is 24.3. The molecule has 0 bridgehead atoms. The van der Waals surface area contributed by atoms with Gasteiger partial charge in [-0.15, -0.1) is 0 Å². The zero-order valence-corrected chi connectivity index (χ0v) is 20.5. The zero-order valence-electron chi connectivity index (χ0n) is 19.7. The summed E-state index contributed by atoms with van der Waals surface area (Å²) in [6.07, 6.45) is 1.09. The quantitative estimate of drug-likeness (QED) is 0.422. The maximum atomic E-state index is 13.8. The van der Waals surface area contributed by atoms with Gasteiger partial charge in [-0.2, -0.15) is 0 Å². The van der Waals surface area contributed by atoms with E-state index in [0.29, 0.717) is 9.69 Å². The molecule has 35 heavy (non-hydrogen) atoms. The standard InChI is InChI=1S/C23H27N3O8S/c1-25-10-9-14-11-16(5-7-18(14)25)35(30,31)26(21(27)8-6-17(24)23(28)29)15-12-19(32-2)22(34-4)20(13-15)33-3/h5,7,9-13,17H,6,8,24H2,1-4H3,(H,28,29). The molecule has 0 aliphatic heterocycles. The van der Waals surface area contributed by atoms with Crippen molar-refractivity contribution in [1.82, 2.24) is 4.57 Å². The molecule has 3 rings (SSSR count). The number of carbonyl (C=O) groups is 2. The summed E-state index contributed by atoms with van der Waals surface area (Å²) in [7, 11) is 1.50. The zero-order chi connectivity index (χ0) is 25.9. The number of carboxylic acid groups (broad SMARTS) is 1. The highest BCUT2D eigenvalue weighted by atomic mass is 32.2. The van der Waals surface area contributed by atoms with Crippen molar-refractivity contribution >= 4 is 38.5 Å². The van der Waals surface area contributed by atoms with Gasteiger partial charge in [0.1, 0.15) is 6.04 Å². The van der Waals surface area contributed by atoms with Gasteiger partial charge in [0.15, 0.2) is 11.5 Å². The summed E-state index contributed by atoms with van der Waals surface area (Å²) in [6.45, 7) is 0. The number of anilines is 1. The number of benzene rings is 2. The van der Waals surface area contributed by atoms with Crippen molar-refractivity contribution in [2.45, 2.75) is 23.8 Å². The number of nitrogens with two attached hydrogens (primary N) is 1. The molecule has 12 heteroatoms. The fraction of sp³-hybridized carbons (Fsp3) is 0.304. The molecule has 3 N–H and O–H groups in total. The van der Waals surface area contributed by atoms with Crippen molar-refractivity contribution in [3.63, 3.8) is 0 Å². The van der Waals surface area contributed by atoms with E-state index in [1.165, 1.54) is 45.6 Å². The molecule has 3 aromatic rings. The Hall–Kier alpha value is -3.77. The van der Waals surface area contributed by atoms with Gasteiger partial charge in [0.05, 0.1) is 31.9 Å². The van der Waals surface area contributed by atoms with Crippen molar-refractivity contribution in [2.75, 3.05) is 25.6 Å². The molecule has 0 radical (unpaired) electrons. The molecule has 0 saturated heterocycles. The minimum absolute atomic E-state index is 0.0680. The summed E-state index contributed by atoms with van der Waals surface area (Å²) in [6, 6.07) is 7.59. The molecule has 0 aliphatic rings. The minimum atomic E-state index is -4.44. The lowest BCUT2D eigenvalue weighted by Crippen LogP contribution is -2.39. The van der Waals surface area contributed by atoms with Gasteiger partial charge in [-0.3, -0.25) is 9.59 Å². The predicted molar refractivity (Wildman–Crippen MR) is 129 cm³/mol. The highest BCUT2D eigenvalue weighted by molar-refractivity contribution is 7.93. The third-order valence-electron chi connectivity index (χ3n) is 5.49. The van der Waals surface area contributed by atoms with Crippen LogP contribution < -0.4 is 24.2 Å². The molecule has 1 heterocycles. The molecule has 1 atom stereocenters. The number of carboxylic acids is 1. The van der Waals surface area contributed by atoms with E-state index >= 15 is 0 Å². The highest BCUT2D eigenvalue weighted by Crippen LogP contribution is 2.42. The van der Waals surface area contributed by atoms with Crippen LogP contribution in [0.5, 0.6) is 17.2 Å². The number of fused-ring (bicyclic) bond motifs is 1. The lowest BCUT2D eigenvalue weighted by Gasteiger charge is -2.25. The first-order valence-electron chi connectivity index (χ1n) is 10.5. The van der Waals surface area contributed by atoms with Crippen LogP contribution >= 0.6 is 0 Å². The van der Waals surface area contributed by atoms with Gasteiger partial charge >= 0.3 is 5.97 Å². The van der Waals surface area contributed by atoms with E-state index in [-0.39, 0.29) is 34.3 Å².